The Labute approximate surface area is 179 Å². The van der Waals surface area contributed by atoms with Gasteiger partial charge in [-0.15, -0.1) is 0 Å². The summed E-state index contributed by atoms with van der Waals surface area (Å²) >= 11 is 0. The lowest BCUT2D eigenvalue weighted by molar-refractivity contribution is -0.389. The second-order valence-electron chi connectivity index (χ2n) is 6.75. The van der Waals surface area contributed by atoms with Gasteiger partial charge in [-0.3, -0.25) is 14.5 Å². The number of fused-ring (bicyclic) bond motifs is 1. The highest BCUT2D eigenvalue weighted by Crippen LogP contribution is 2.27. The molecule has 9 nitrogen and oxygen atoms in total. The molecule has 1 atom stereocenters. The van der Waals surface area contributed by atoms with Crippen LogP contribution in [0.1, 0.15) is 22.5 Å². The number of nitro groups is 1. The molecule has 0 amide bonds. The van der Waals surface area contributed by atoms with E-state index in [1.54, 1.807) is 12.1 Å². The van der Waals surface area contributed by atoms with Crippen molar-refractivity contribution in [2.24, 2.45) is 0 Å². The predicted molar refractivity (Wildman–Crippen MR) is 102 cm³/mol. The Bertz CT molecular complexity index is 1180. The highest BCUT2D eigenvalue weighted by molar-refractivity contribution is 5.41. The molecule has 4 heterocycles. The highest BCUT2D eigenvalue weighted by atomic mass is 19.4. The molecule has 0 bridgehead atoms. The number of hydrogen-bond donors (Lipinski definition) is 0. The van der Waals surface area contributed by atoms with Crippen LogP contribution in [-0.2, 0) is 24.1 Å². The molecular weight excluding hydrogens is 431 g/mol. The molecule has 1 aliphatic heterocycles. The lowest BCUT2D eigenvalue weighted by atomic mass is 10.2. The van der Waals surface area contributed by atoms with Crippen LogP contribution in [0.3, 0.4) is 0 Å². The van der Waals surface area contributed by atoms with E-state index in [1.807, 2.05) is 0 Å². The van der Waals surface area contributed by atoms with E-state index in [9.17, 15) is 23.3 Å². The molecule has 0 N–H and O–H groups in total. The molecule has 0 fully saturated rings. The first-order chi connectivity index (χ1) is 15.3. The molecular formula is C20H14F3N5O4. The van der Waals surface area contributed by atoms with E-state index in [1.165, 1.54) is 23.0 Å². The molecule has 0 unspecified atom stereocenters. The summed E-state index contributed by atoms with van der Waals surface area (Å²) in [6, 6.07) is 5.74. The molecule has 0 aromatic carbocycles. The van der Waals surface area contributed by atoms with Crippen molar-refractivity contribution in [2.45, 2.75) is 25.4 Å². The summed E-state index contributed by atoms with van der Waals surface area (Å²) in [4.78, 5) is 21.6. The second kappa shape index (κ2) is 8.64. The molecule has 164 valence electrons. The van der Waals surface area contributed by atoms with Gasteiger partial charge < -0.3 is 19.6 Å². The van der Waals surface area contributed by atoms with Gasteiger partial charge in [0.15, 0.2) is 0 Å². The first kappa shape index (κ1) is 21.3. The molecule has 4 rings (SSSR count). The van der Waals surface area contributed by atoms with E-state index in [-0.39, 0.29) is 31.1 Å². The second-order valence-corrected chi connectivity index (χ2v) is 6.75. The van der Waals surface area contributed by atoms with E-state index >= 15 is 0 Å². The predicted octanol–water partition coefficient (Wildman–Crippen LogP) is 2.98. The van der Waals surface area contributed by atoms with Gasteiger partial charge in [0.1, 0.15) is 24.6 Å². The van der Waals surface area contributed by atoms with Crippen LogP contribution in [0.2, 0.25) is 0 Å². The van der Waals surface area contributed by atoms with Crippen LogP contribution < -0.4 is 4.74 Å². The van der Waals surface area contributed by atoms with Crippen molar-refractivity contribution in [1.82, 2.24) is 19.5 Å². The largest absolute Gasteiger partial charge is 0.443 e. The van der Waals surface area contributed by atoms with E-state index < -0.39 is 16.8 Å². The van der Waals surface area contributed by atoms with Crippen LogP contribution in [0.25, 0.3) is 0 Å². The van der Waals surface area contributed by atoms with Gasteiger partial charge in [0.25, 0.3) is 0 Å². The van der Waals surface area contributed by atoms with Crippen molar-refractivity contribution in [3.8, 4) is 17.9 Å². The van der Waals surface area contributed by atoms with Gasteiger partial charge in [0, 0.05) is 28.5 Å². The molecule has 3 aromatic heterocycles. The summed E-state index contributed by atoms with van der Waals surface area (Å²) in [6.07, 6.45) is -0.931. The summed E-state index contributed by atoms with van der Waals surface area (Å²) in [5, 5.41) is 10.8. The third-order valence-corrected chi connectivity index (χ3v) is 4.41. The Morgan fingerprint density at radius 2 is 1.91 bits per heavy atom. The number of ether oxygens (including phenoxy) is 2. The van der Waals surface area contributed by atoms with Crippen molar-refractivity contribution in [1.29, 1.82) is 0 Å². The molecule has 0 saturated carbocycles. The van der Waals surface area contributed by atoms with Crippen molar-refractivity contribution >= 4 is 5.82 Å². The van der Waals surface area contributed by atoms with Crippen LogP contribution in [0.5, 0.6) is 6.01 Å². The van der Waals surface area contributed by atoms with E-state index in [2.05, 4.69) is 26.8 Å². The van der Waals surface area contributed by atoms with E-state index in [0.717, 1.165) is 12.3 Å². The van der Waals surface area contributed by atoms with Crippen LogP contribution in [0.15, 0.2) is 42.9 Å². The van der Waals surface area contributed by atoms with Crippen molar-refractivity contribution < 1.29 is 27.6 Å². The number of hydrogen-bond acceptors (Lipinski definition) is 7. The number of halogens is 3. The van der Waals surface area contributed by atoms with Crippen molar-refractivity contribution in [3.05, 3.63) is 75.5 Å². The maximum atomic E-state index is 12.5. The fourth-order valence-electron chi connectivity index (χ4n) is 2.83. The van der Waals surface area contributed by atoms with Crippen LogP contribution in [0, 0.1) is 22.0 Å². The molecule has 0 aliphatic carbocycles. The molecule has 12 heteroatoms. The third-order valence-electron chi connectivity index (χ3n) is 4.41. The summed E-state index contributed by atoms with van der Waals surface area (Å²) < 4.78 is 50.3. The Kier molecular flexibility index (Phi) is 5.74. The van der Waals surface area contributed by atoms with Crippen LogP contribution >= 0.6 is 0 Å². The lowest BCUT2D eigenvalue weighted by Gasteiger charge is -2.22. The standard InChI is InChI=1S/C20H14F3N5O4/c21-20(22,23)17-6-4-14(8-25-17)2-1-13-3-5-15(24-7-13)11-31-16-9-27-10-18(28(29)30)26-19(27)32-12-16/h3-8,10,16H,9,11-12H2/t16-/m0/s1. The van der Waals surface area contributed by atoms with Crippen molar-refractivity contribution in [3.63, 3.8) is 0 Å². The first-order valence-electron chi connectivity index (χ1n) is 9.24. The number of rotatable bonds is 4. The van der Waals surface area contributed by atoms with Gasteiger partial charge >= 0.3 is 18.0 Å². The SMILES string of the molecule is O=[N+]([O-])c1cn2c(n1)OC[C@@H](OCc1ccc(C#Cc3ccc(C(F)(F)F)nc3)cn1)C2. The number of alkyl halides is 3. The van der Waals surface area contributed by atoms with E-state index in [0.29, 0.717) is 23.4 Å². The molecule has 1 aliphatic rings. The highest BCUT2D eigenvalue weighted by Gasteiger charge is 2.32. The molecule has 0 spiro atoms. The Balaban J connectivity index is 1.32. The fourth-order valence-corrected chi connectivity index (χ4v) is 2.83. The number of aromatic nitrogens is 4. The van der Waals surface area contributed by atoms with Gasteiger partial charge in [0.2, 0.25) is 0 Å². The zero-order valence-electron chi connectivity index (χ0n) is 16.2. The molecule has 0 saturated heterocycles. The topological polar surface area (TPSA) is 105 Å². The minimum absolute atomic E-state index is 0.181. The van der Waals surface area contributed by atoms with Gasteiger partial charge in [-0.2, -0.15) is 13.2 Å². The quantitative estimate of drug-likeness (QED) is 0.345. The minimum atomic E-state index is -4.49. The van der Waals surface area contributed by atoms with Gasteiger partial charge in [-0.1, -0.05) is 11.8 Å². The molecule has 32 heavy (non-hydrogen) atoms. The van der Waals surface area contributed by atoms with Gasteiger partial charge in [0.05, 0.1) is 18.8 Å². The zero-order valence-corrected chi connectivity index (χ0v) is 16.2. The fraction of sp³-hybridized carbons (Fsp3) is 0.250. The maximum absolute atomic E-state index is 12.5. The first-order valence-corrected chi connectivity index (χ1v) is 9.24. The summed E-state index contributed by atoms with van der Waals surface area (Å²) in [5.41, 5.74) is 0.584. The monoisotopic (exact) mass is 445 g/mol. The minimum Gasteiger partial charge on any atom is -0.443 e. The van der Waals surface area contributed by atoms with Crippen LogP contribution in [0.4, 0.5) is 19.0 Å². The Morgan fingerprint density at radius 1 is 1.19 bits per heavy atom. The maximum Gasteiger partial charge on any atom is 0.433 e. The Morgan fingerprint density at radius 3 is 2.50 bits per heavy atom. The zero-order chi connectivity index (χ0) is 22.7. The summed E-state index contributed by atoms with van der Waals surface area (Å²) in [5.74, 6) is 5.27. The van der Waals surface area contributed by atoms with Gasteiger partial charge in [-0.25, -0.2) is 0 Å². The normalized spacial score (nSPS) is 15.3. The smallest absolute Gasteiger partial charge is 0.433 e. The van der Waals surface area contributed by atoms with E-state index in [4.69, 9.17) is 9.47 Å². The van der Waals surface area contributed by atoms with Gasteiger partial charge in [-0.05, 0) is 29.2 Å². The molecule has 0 radical (unpaired) electrons. The average molecular weight is 445 g/mol. The van der Waals surface area contributed by atoms with Crippen LogP contribution in [-0.4, -0.2) is 37.2 Å². The molecule has 3 aromatic rings. The average Bonchev–Trinajstić information content (AvgIpc) is 3.20. The summed E-state index contributed by atoms with van der Waals surface area (Å²) in [7, 11) is 0. The number of imidazole rings is 1. The summed E-state index contributed by atoms with van der Waals surface area (Å²) in [6.45, 7) is 0.760. The number of pyridine rings is 2. The number of nitrogens with zero attached hydrogens (tertiary/aromatic N) is 5. The lowest BCUT2D eigenvalue weighted by Crippen LogP contribution is -2.32. The Hall–Kier alpha value is -3.98. The third kappa shape index (κ3) is 5.01. The van der Waals surface area contributed by atoms with Crippen molar-refractivity contribution in [2.75, 3.05) is 6.61 Å².